The lowest BCUT2D eigenvalue weighted by Gasteiger charge is -2.46. The van der Waals surface area contributed by atoms with E-state index in [-0.39, 0.29) is 5.54 Å². The van der Waals surface area contributed by atoms with Crippen molar-refractivity contribution < 1.29 is 4.74 Å². The summed E-state index contributed by atoms with van der Waals surface area (Å²) in [6, 6.07) is 0.728. The van der Waals surface area contributed by atoms with Gasteiger partial charge in [0, 0.05) is 24.7 Å². The first-order valence-electron chi connectivity index (χ1n) is 9.13. The molecule has 3 heteroatoms. The summed E-state index contributed by atoms with van der Waals surface area (Å²) in [5, 5.41) is 3.83. The van der Waals surface area contributed by atoms with Gasteiger partial charge in [-0.05, 0) is 57.9 Å². The van der Waals surface area contributed by atoms with Gasteiger partial charge in [0.25, 0.3) is 0 Å². The van der Waals surface area contributed by atoms with E-state index in [4.69, 9.17) is 4.74 Å². The molecule has 1 aliphatic carbocycles. The number of hydrogen-bond donors (Lipinski definition) is 1. The molecule has 0 aromatic carbocycles. The van der Waals surface area contributed by atoms with E-state index in [2.05, 4.69) is 37.9 Å². The van der Waals surface area contributed by atoms with Gasteiger partial charge in [0.15, 0.2) is 0 Å². The Morgan fingerprint density at radius 1 is 1.24 bits per heavy atom. The van der Waals surface area contributed by atoms with Crippen molar-refractivity contribution in [3.8, 4) is 0 Å². The van der Waals surface area contributed by atoms with Crippen LogP contribution >= 0.6 is 0 Å². The number of hydrogen-bond acceptors (Lipinski definition) is 3. The molecule has 3 unspecified atom stereocenters. The van der Waals surface area contributed by atoms with Crippen molar-refractivity contribution in [2.24, 2.45) is 11.8 Å². The third-order valence-corrected chi connectivity index (χ3v) is 5.60. The molecule has 1 aliphatic heterocycles. The molecule has 1 heterocycles. The van der Waals surface area contributed by atoms with E-state index in [0.29, 0.717) is 0 Å². The van der Waals surface area contributed by atoms with Gasteiger partial charge in [-0.15, -0.1) is 0 Å². The quantitative estimate of drug-likeness (QED) is 0.814. The fourth-order valence-electron chi connectivity index (χ4n) is 4.04. The highest BCUT2D eigenvalue weighted by molar-refractivity contribution is 4.91. The van der Waals surface area contributed by atoms with E-state index < -0.39 is 0 Å². The molecule has 0 radical (unpaired) electrons. The summed E-state index contributed by atoms with van der Waals surface area (Å²) in [5.74, 6) is 1.76. The Bertz CT molecular complexity index is 306. The average molecular weight is 296 g/mol. The van der Waals surface area contributed by atoms with Crippen LogP contribution in [0.1, 0.15) is 59.8 Å². The molecule has 124 valence electrons. The topological polar surface area (TPSA) is 24.5 Å². The van der Waals surface area contributed by atoms with Crippen molar-refractivity contribution in [1.82, 2.24) is 10.2 Å². The molecule has 3 atom stereocenters. The van der Waals surface area contributed by atoms with E-state index in [1.807, 2.05) is 0 Å². The predicted molar refractivity (Wildman–Crippen MR) is 89.7 cm³/mol. The minimum Gasteiger partial charge on any atom is -0.378 e. The van der Waals surface area contributed by atoms with Crippen LogP contribution in [0.15, 0.2) is 0 Å². The Morgan fingerprint density at radius 2 is 2.05 bits per heavy atom. The van der Waals surface area contributed by atoms with Gasteiger partial charge in [-0.1, -0.05) is 20.3 Å². The van der Waals surface area contributed by atoms with E-state index in [9.17, 15) is 0 Å². The zero-order valence-electron chi connectivity index (χ0n) is 14.7. The smallest absolute Gasteiger partial charge is 0.0645 e. The highest BCUT2D eigenvalue weighted by Crippen LogP contribution is 2.33. The van der Waals surface area contributed by atoms with Gasteiger partial charge in [0.2, 0.25) is 0 Å². The van der Waals surface area contributed by atoms with Crippen molar-refractivity contribution in [1.29, 1.82) is 0 Å². The molecule has 21 heavy (non-hydrogen) atoms. The Hall–Kier alpha value is -0.120. The lowest BCUT2D eigenvalue weighted by Crippen LogP contribution is -2.56. The molecule has 0 aromatic heterocycles. The molecule has 0 bridgehead atoms. The van der Waals surface area contributed by atoms with Crippen LogP contribution in [0.2, 0.25) is 0 Å². The van der Waals surface area contributed by atoms with Gasteiger partial charge < -0.3 is 10.1 Å². The zero-order valence-corrected chi connectivity index (χ0v) is 14.7. The minimum atomic E-state index is 0.201. The first kappa shape index (κ1) is 17.2. The Kier molecular flexibility index (Phi) is 6.51. The summed E-state index contributed by atoms with van der Waals surface area (Å²) in [6.07, 6.45) is 6.78. The first-order chi connectivity index (χ1) is 10.1. The molecule has 1 N–H and O–H groups in total. The molecule has 2 fully saturated rings. The van der Waals surface area contributed by atoms with E-state index >= 15 is 0 Å². The zero-order chi connectivity index (χ0) is 15.3. The standard InChI is InChI=1S/C18H36N2O/c1-5-9-19-17-8-7-15(6-2)12-16(17)13-20-10-11-21-14-18(20,3)4/h15-17,19H,5-14H2,1-4H3. The first-order valence-corrected chi connectivity index (χ1v) is 9.13. The van der Waals surface area contributed by atoms with Crippen LogP contribution in [0.25, 0.3) is 0 Å². The van der Waals surface area contributed by atoms with Crippen molar-refractivity contribution in [2.45, 2.75) is 71.4 Å². The highest BCUT2D eigenvalue weighted by atomic mass is 16.5. The molecule has 1 saturated heterocycles. The Labute approximate surface area is 131 Å². The second-order valence-corrected chi connectivity index (χ2v) is 7.72. The summed E-state index contributed by atoms with van der Waals surface area (Å²) in [4.78, 5) is 2.68. The SMILES string of the molecule is CCCNC1CCC(CC)CC1CN1CCOCC1(C)C. The summed E-state index contributed by atoms with van der Waals surface area (Å²) in [7, 11) is 0. The molecule has 0 aromatic rings. The second-order valence-electron chi connectivity index (χ2n) is 7.72. The average Bonchev–Trinajstić information content (AvgIpc) is 2.48. The monoisotopic (exact) mass is 296 g/mol. The summed E-state index contributed by atoms with van der Waals surface area (Å²) in [5.41, 5.74) is 0.201. The van der Waals surface area contributed by atoms with E-state index in [1.165, 1.54) is 45.2 Å². The largest absolute Gasteiger partial charge is 0.378 e. The minimum absolute atomic E-state index is 0.201. The van der Waals surface area contributed by atoms with Crippen molar-refractivity contribution in [2.75, 3.05) is 32.8 Å². The highest BCUT2D eigenvalue weighted by Gasteiger charge is 2.36. The maximum atomic E-state index is 5.68. The third-order valence-electron chi connectivity index (χ3n) is 5.60. The van der Waals surface area contributed by atoms with E-state index in [0.717, 1.165) is 37.6 Å². The van der Waals surface area contributed by atoms with Crippen LogP contribution in [0.5, 0.6) is 0 Å². The predicted octanol–water partition coefficient (Wildman–Crippen LogP) is 3.29. The van der Waals surface area contributed by atoms with Crippen molar-refractivity contribution in [3.05, 3.63) is 0 Å². The second kappa shape index (κ2) is 7.94. The molecule has 2 rings (SSSR count). The van der Waals surface area contributed by atoms with Crippen LogP contribution < -0.4 is 5.32 Å². The van der Waals surface area contributed by atoms with Crippen LogP contribution in [0.3, 0.4) is 0 Å². The molecule has 0 spiro atoms. The van der Waals surface area contributed by atoms with Crippen molar-refractivity contribution >= 4 is 0 Å². The lowest BCUT2D eigenvalue weighted by atomic mass is 9.76. The Morgan fingerprint density at radius 3 is 2.71 bits per heavy atom. The number of ether oxygens (including phenoxy) is 1. The number of nitrogens with one attached hydrogen (secondary N) is 1. The van der Waals surface area contributed by atoms with E-state index in [1.54, 1.807) is 0 Å². The lowest BCUT2D eigenvalue weighted by molar-refractivity contribution is -0.0625. The van der Waals surface area contributed by atoms with Crippen LogP contribution in [0, 0.1) is 11.8 Å². The summed E-state index contributed by atoms with van der Waals surface area (Å²) < 4.78 is 5.68. The van der Waals surface area contributed by atoms with Crippen molar-refractivity contribution in [3.63, 3.8) is 0 Å². The van der Waals surface area contributed by atoms with Crippen LogP contribution in [-0.2, 0) is 4.74 Å². The maximum Gasteiger partial charge on any atom is 0.0645 e. The molecular formula is C18H36N2O. The number of morpholine rings is 1. The molecule has 2 aliphatic rings. The summed E-state index contributed by atoms with van der Waals surface area (Å²) >= 11 is 0. The maximum absolute atomic E-state index is 5.68. The molecular weight excluding hydrogens is 260 g/mol. The van der Waals surface area contributed by atoms with Crippen LogP contribution in [-0.4, -0.2) is 49.3 Å². The fraction of sp³-hybridized carbons (Fsp3) is 1.00. The Balaban J connectivity index is 1.97. The van der Waals surface area contributed by atoms with Gasteiger partial charge in [-0.2, -0.15) is 0 Å². The number of nitrogens with zero attached hydrogens (tertiary/aromatic N) is 1. The van der Waals surface area contributed by atoms with Gasteiger partial charge >= 0.3 is 0 Å². The van der Waals surface area contributed by atoms with Gasteiger partial charge in [-0.3, -0.25) is 4.90 Å². The molecule has 0 amide bonds. The molecule has 3 nitrogen and oxygen atoms in total. The van der Waals surface area contributed by atoms with Gasteiger partial charge in [0.1, 0.15) is 0 Å². The third kappa shape index (κ3) is 4.67. The van der Waals surface area contributed by atoms with Crippen LogP contribution in [0.4, 0.5) is 0 Å². The normalized spacial score (nSPS) is 34.0. The molecule has 1 saturated carbocycles. The fourth-order valence-corrected chi connectivity index (χ4v) is 4.04. The van der Waals surface area contributed by atoms with Gasteiger partial charge in [0.05, 0.1) is 13.2 Å². The van der Waals surface area contributed by atoms with Gasteiger partial charge in [-0.25, -0.2) is 0 Å². The summed E-state index contributed by atoms with van der Waals surface area (Å²) in [6.45, 7) is 14.6. The number of rotatable bonds is 6.